The molecule has 1 saturated heterocycles. The summed E-state index contributed by atoms with van der Waals surface area (Å²) in [6.45, 7) is 4.94. The number of hydrogen-bond donors (Lipinski definition) is 1. The molecule has 2 aromatic rings. The van der Waals surface area contributed by atoms with Gasteiger partial charge in [0.05, 0.1) is 7.11 Å². The van der Waals surface area contributed by atoms with Gasteiger partial charge in [-0.05, 0) is 50.0 Å². The smallest absolute Gasteiger partial charge is 0.248 e. The molecule has 1 fully saturated rings. The Bertz CT molecular complexity index is 1040. The number of sulfonamides is 1. The number of rotatable bonds is 9. The van der Waals surface area contributed by atoms with E-state index in [-0.39, 0.29) is 22.5 Å². The predicted octanol–water partition coefficient (Wildman–Crippen LogP) is 3.48. The van der Waals surface area contributed by atoms with Crippen LogP contribution in [0.5, 0.6) is 5.75 Å². The van der Waals surface area contributed by atoms with Crippen LogP contribution in [-0.4, -0.2) is 50.5 Å². The second kappa shape index (κ2) is 10.8. The van der Waals surface area contributed by atoms with Gasteiger partial charge in [-0.1, -0.05) is 36.7 Å². The summed E-state index contributed by atoms with van der Waals surface area (Å²) < 4.78 is 38.6. The molecule has 174 valence electrons. The van der Waals surface area contributed by atoms with Crippen molar-refractivity contribution in [3.05, 3.63) is 41.3 Å². The molecule has 2 heterocycles. The lowest BCUT2D eigenvalue weighted by atomic mass is 9.97. The number of benzene rings is 1. The third kappa shape index (κ3) is 5.58. The molecule has 0 aliphatic carbocycles. The highest BCUT2D eigenvalue weighted by atomic mass is 32.2. The van der Waals surface area contributed by atoms with Crippen molar-refractivity contribution in [2.24, 2.45) is 5.92 Å². The van der Waals surface area contributed by atoms with Crippen molar-refractivity contribution in [1.29, 1.82) is 0 Å². The molecule has 8 nitrogen and oxygen atoms in total. The Morgan fingerprint density at radius 2 is 1.94 bits per heavy atom. The number of nitrogens with one attached hydrogen (secondary N) is 1. The zero-order valence-corrected chi connectivity index (χ0v) is 19.7. The van der Waals surface area contributed by atoms with Gasteiger partial charge in [0.2, 0.25) is 15.9 Å². The Balaban J connectivity index is 1.70. The third-order valence-corrected chi connectivity index (χ3v) is 7.69. The summed E-state index contributed by atoms with van der Waals surface area (Å²) in [7, 11) is -2.19. The summed E-state index contributed by atoms with van der Waals surface area (Å²) in [6, 6.07) is 7.38. The molecule has 9 heteroatoms. The number of hydrogen-bond acceptors (Lipinski definition) is 6. The molecule has 1 amide bonds. The van der Waals surface area contributed by atoms with Crippen LogP contribution in [0, 0.1) is 12.8 Å². The maximum absolute atomic E-state index is 13.3. The van der Waals surface area contributed by atoms with E-state index in [1.54, 1.807) is 26.2 Å². The van der Waals surface area contributed by atoms with Crippen molar-refractivity contribution in [2.75, 3.05) is 26.7 Å². The van der Waals surface area contributed by atoms with Crippen molar-refractivity contribution in [2.45, 2.75) is 44.4 Å². The fraction of sp³-hybridized carbons (Fsp3) is 0.478. The monoisotopic (exact) mass is 461 g/mol. The van der Waals surface area contributed by atoms with Crippen molar-refractivity contribution in [3.8, 4) is 5.75 Å². The Hall–Kier alpha value is -2.65. The van der Waals surface area contributed by atoms with Gasteiger partial charge < -0.3 is 14.6 Å². The molecule has 0 unspecified atom stereocenters. The van der Waals surface area contributed by atoms with Gasteiger partial charge in [-0.2, -0.15) is 4.31 Å². The van der Waals surface area contributed by atoms with Gasteiger partial charge in [0.15, 0.2) is 10.7 Å². The molecular weight excluding hydrogens is 430 g/mol. The summed E-state index contributed by atoms with van der Waals surface area (Å²) in [5.41, 5.74) is 1.19. The van der Waals surface area contributed by atoms with E-state index in [9.17, 15) is 13.2 Å². The van der Waals surface area contributed by atoms with Crippen LogP contribution in [0.1, 0.15) is 49.6 Å². The number of unbranched alkanes of at least 4 members (excludes halogenated alkanes) is 1. The highest BCUT2D eigenvalue weighted by molar-refractivity contribution is 7.89. The maximum atomic E-state index is 13.3. The standard InChI is InChI=1S/C23H31N3O5S/c1-4-5-14-24-23(27)19-12-15-26(16-13-19)32(28,29)22-17(2)25-31-21(22)11-8-18-6-9-20(30-3)10-7-18/h6-11,19H,4-5,12-16H2,1-3H3,(H,24,27)/b11-8-. The molecule has 1 N–H and O–H groups in total. The van der Waals surface area contributed by atoms with E-state index in [1.165, 1.54) is 4.31 Å². The second-order valence-electron chi connectivity index (χ2n) is 7.89. The number of carbonyl (C=O) groups is 1. The number of aromatic nitrogens is 1. The van der Waals surface area contributed by atoms with Crippen molar-refractivity contribution in [1.82, 2.24) is 14.8 Å². The molecule has 3 rings (SSSR count). The molecule has 32 heavy (non-hydrogen) atoms. The number of ether oxygens (including phenoxy) is 1. The highest BCUT2D eigenvalue weighted by Gasteiger charge is 2.35. The zero-order chi connectivity index (χ0) is 23.1. The first-order valence-corrected chi connectivity index (χ1v) is 12.4. The molecule has 0 bridgehead atoms. The molecule has 1 aromatic heterocycles. The minimum absolute atomic E-state index is 0.0137. The SMILES string of the molecule is CCCCNC(=O)C1CCN(S(=O)(=O)c2c(C)noc2/C=C\c2ccc(OC)cc2)CC1. The van der Waals surface area contributed by atoms with Crippen LogP contribution in [0.3, 0.4) is 0 Å². The lowest BCUT2D eigenvalue weighted by molar-refractivity contribution is -0.126. The summed E-state index contributed by atoms with van der Waals surface area (Å²) in [5.74, 6) is 0.789. The van der Waals surface area contributed by atoms with Gasteiger partial charge in [0.1, 0.15) is 11.4 Å². The lowest BCUT2D eigenvalue weighted by Crippen LogP contribution is -2.43. The van der Waals surface area contributed by atoms with Gasteiger partial charge in [0.25, 0.3) is 0 Å². The average Bonchev–Trinajstić information content (AvgIpc) is 3.19. The van der Waals surface area contributed by atoms with Gasteiger partial charge >= 0.3 is 0 Å². The predicted molar refractivity (Wildman–Crippen MR) is 123 cm³/mol. The summed E-state index contributed by atoms with van der Waals surface area (Å²) in [6.07, 6.45) is 6.34. The zero-order valence-electron chi connectivity index (χ0n) is 18.8. The van der Waals surface area contributed by atoms with E-state index >= 15 is 0 Å². The number of carbonyl (C=O) groups excluding carboxylic acids is 1. The van der Waals surface area contributed by atoms with Crippen molar-refractivity contribution >= 4 is 28.1 Å². The van der Waals surface area contributed by atoms with E-state index in [4.69, 9.17) is 9.26 Å². The first kappa shape index (κ1) is 24.0. The minimum atomic E-state index is -3.79. The number of methoxy groups -OCH3 is 1. The van der Waals surface area contributed by atoms with Crippen LogP contribution in [-0.2, 0) is 14.8 Å². The molecular formula is C23H31N3O5S. The minimum Gasteiger partial charge on any atom is -0.497 e. The Kier molecular flexibility index (Phi) is 8.09. The number of aryl methyl sites for hydroxylation is 1. The summed E-state index contributed by atoms with van der Waals surface area (Å²) in [4.78, 5) is 12.4. The lowest BCUT2D eigenvalue weighted by Gasteiger charge is -2.30. The topological polar surface area (TPSA) is 102 Å². The van der Waals surface area contributed by atoms with Crippen molar-refractivity contribution in [3.63, 3.8) is 0 Å². The van der Waals surface area contributed by atoms with Gasteiger partial charge in [-0.25, -0.2) is 8.42 Å². The third-order valence-electron chi connectivity index (χ3n) is 5.63. The van der Waals surface area contributed by atoms with Crippen LogP contribution in [0.15, 0.2) is 33.7 Å². The van der Waals surface area contributed by atoms with E-state index in [0.29, 0.717) is 38.2 Å². The molecule has 0 radical (unpaired) electrons. The normalized spacial score (nSPS) is 15.8. The molecule has 0 atom stereocenters. The summed E-state index contributed by atoms with van der Waals surface area (Å²) >= 11 is 0. The fourth-order valence-corrected chi connectivity index (χ4v) is 5.43. The van der Waals surface area contributed by atoms with Crippen LogP contribution < -0.4 is 10.1 Å². The number of amides is 1. The number of piperidine rings is 1. The molecule has 1 aromatic carbocycles. The van der Waals surface area contributed by atoms with Crippen LogP contribution >= 0.6 is 0 Å². The molecule has 0 saturated carbocycles. The molecule has 0 spiro atoms. The second-order valence-corrected chi connectivity index (χ2v) is 9.77. The van der Waals surface area contributed by atoms with Gasteiger partial charge in [-0.15, -0.1) is 0 Å². The summed E-state index contributed by atoms with van der Waals surface area (Å²) in [5, 5.41) is 6.83. The highest BCUT2D eigenvalue weighted by Crippen LogP contribution is 2.29. The van der Waals surface area contributed by atoms with Gasteiger partial charge in [0, 0.05) is 25.6 Å². The van der Waals surface area contributed by atoms with E-state index in [0.717, 1.165) is 24.2 Å². The van der Waals surface area contributed by atoms with E-state index in [2.05, 4.69) is 17.4 Å². The van der Waals surface area contributed by atoms with Crippen LogP contribution in [0.25, 0.3) is 12.2 Å². The Morgan fingerprint density at radius 1 is 1.25 bits per heavy atom. The average molecular weight is 462 g/mol. The fourth-order valence-electron chi connectivity index (χ4n) is 3.71. The van der Waals surface area contributed by atoms with Crippen LogP contribution in [0.2, 0.25) is 0 Å². The molecule has 1 aliphatic heterocycles. The Morgan fingerprint density at radius 3 is 2.56 bits per heavy atom. The largest absolute Gasteiger partial charge is 0.497 e. The van der Waals surface area contributed by atoms with E-state index in [1.807, 2.05) is 24.3 Å². The van der Waals surface area contributed by atoms with Crippen molar-refractivity contribution < 1.29 is 22.5 Å². The molecule has 1 aliphatic rings. The van der Waals surface area contributed by atoms with Crippen LogP contribution in [0.4, 0.5) is 0 Å². The maximum Gasteiger partial charge on any atom is 0.248 e. The Labute approximate surface area is 189 Å². The quantitative estimate of drug-likeness (QED) is 0.574. The van der Waals surface area contributed by atoms with E-state index < -0.39 is 10.0 Å². The number of nitrogens with zero attached hydrogens (tertiary/aromatic N) is 2. The first-order chi connectivity index (χ1) is 15.4. The first-order valence-electron chi connectivity index (χ1n) is 10.9. The van der Waals surface area contributed by atoms with Gasteiger partial charge in [-0.3, -0.25) is 4.79 Å².